The van der Waals surface area contributed by atoms with Gasteiger partial charge in [0.2, 0.25) is 0 Å². The minimum absolute atomic E-state index is 0. The summed E-state index contributed by atoms with van der Waals surface area (Å²) in [5.41, 5.74) is 6.31. The van der Waals surface area contributed by atoms with Crippen molar-refractivity contribution >= 4 is 5.69 Å². The molecule has 0 spiro atoms. The van der Waals surface area contributed by atoms with Crippen LogP contribution in [0.5, 0.6) is 0 Å². The molecule has 0 aliphatic rings. The summed E-state index contributed by atoms with van der Waals surface area (Å²) in [6, 6.07) is 27.6. The molecule has 0 radical (unpaired) electrons. The van der Waals surface area contributed by atoms with E-state index in [1.165, 1.54) is 22.3 Å². The van der Waals surface area contributed by atoms with Crippen molar-refractivity contribution in [3.63, 3.8) is 0 Å². The molecule has 0 bridgehead atoms. The van der Waals surface area contributed by atoms with Crippen LogP contribution in [0.2, 0.25) is 0 Å². The predicted octanol–water partition coefficient (Wildman–Crippen LogP) is 5.52. The Labute approximate surface area is 127 Å². The van der Waals surface area contributed by atoms with Gasteiger partial charge in [-0.3, -0.25) is 0 Å². The zero-order valence-corrected chi connectivity index (χ0v) is 12.2. The van der Waals surface area contributed by atoms with Gasteiger partial charge in [0.1, 0.15) is 0 Å². The molecule has 1 nitrogen and oxygen atoms in total. The van der Waals surface area contributed by atoms with E-state index in [0.717, 1.165) is 12.2 Å². The van der Waals surface area contributed by atoms with Crippen molar-refractivity contribution in [2.45, 2.75) is 13.5 Å². The van der Waals surface area contributed by atoms with E-state index in [1.54, 1.807) is 0 Å². The summed E-state index contributed by atoms with van der Waals surface area (Å²) in [5, 5.41) is 3.48. The van der Waals surface area contributed by atoms with Gasteiger partial charge in [-0.05, 0) is 35.7 Å². The van der Waals surface area contributed by atoms with Crippen LogP contribution in [-0.2, 0) is 6.54 Å². The van der Waals surface area contributed by atoms with E-state index < -0.39 is 0 Å². The van der Waals surface area contributed by atoms with Gasteiger partial charge < -0.3 is 5.32 Å². The molecule has 1 heteroatoms. The van der Waals surface area contributed by atoms with E-state index in [1.807, 2.05) is 18.2 Å². The van der Waals surface area contributed by atoms with Gasteiger partial charge in [0.15, 0.2) is 0 Å². The monoisotopic (exact) mass is 275 g/mol. The predicted molar refractivity (Wildman–Crippen MR) is 92.5 cm³/mol. The standard InChI is InChI=1S/C20H19N.H2/c1-16-11-13-17(14-12-16)20-10-6-5-7-18(20)15-21-19-8-3-2-4-9-19;/h2-14,21H,15H2,1H3;1H. The van der Waals surface area contributed by atoms with E-state index in [0.29, 0.717) is 0 Å². The number of nitrogens with one attached hydrogen (secondary N) is 1. The third-order valence-corrected chi connectivity index (χ3v) is 3.64. The van der Waals surface area contributed by atoms with Gasteiger partial charge in [-0.1, -0.05) is 72.3 Å². The minimum atomic E-state index is 0. The first-order valence-corrected chi connectivity index (χ1v) is 7.27. The van der Waals surface area contributed by atoms with Gasteiger partial charge in [-0.15, -0.1) is 0 Å². The van der Waals surface area contributed by atoms with Crippen LogP contribution in [0.25, 0.3) is 11.1 Å². The van der Waals surface area contributed by atoms with Gasteiger partial charge in [0.05, 0.1) is 0 Å². The normalized spacial score (nSPS) is 10.3. The van der Waals surface area contributed by atoms with E-state index >= 15 is 0 Å². The Morgan fingerprint density at radius 2 is 1.43 bits per heavy atom. The highest BCUT2D eigenvalue weighted by Crippen LogP contribution is 2.24. The molecule has 21 heavy (non-hydrogen) atoms. The number of hydrogen-bond donors (Lipinski definition) is 1. The molecule has 0 unspecified atom stereocenters. The maximum atomic E-state index is 3.48. The molecule has 1 N–H and O–H groups in total. The first-order valence-electron chi connectivity index (χ1n) is 7.27. The van der Waals surface area contributed by atoms with Crippen LogP contribution in [0, 0.1) is 6.92 Å². The summed E-state index contributed by atoms with van der Waals surface area (Å²) in [4.78, 5) is 0. The highest BCUT2D eigenvalue weighted by molar-refractivity contribution is 5.68. The molecule has 0 aliphatic heterocycles. The fourth-order valence-corrected chi connectivity index (χ4v) is 2.44. The molecule has 0 heterocycles. The summed E-state index contributed by atoms with van der Waals surface area (Å²) in [6.45, 7) is 2.95. The van der Waals surface area contributed by atoms with Gasteiger partial charge in [-0.25, -0.2) is 0 Å². The summed E-state index contributed by atoms with van der Waals surface area (Å²) >= 11 is 0. The second-order valence-corrected chi connectivity index (χ2v) is 5.24. The Kier molecular flexibility index (Phi) is 4.02. The minimum Gasteiger partial charge on any atom is -0.381 e. The van der Waals surface area contributed by atoms with Crippen LogP contribution < -0.4 is 5.32 Å². The molecular formula is C20H21N. The average molecular weight is 275 g/mol. The fourth-order valence-electron chi connectivity index (χ4n) is 2.44. The van der Waals surface area contributed by atoms with Crippen LogP contribution >= 0.6 is 0 Å². The molecule has 3 rings (SSSR count). The quantitative estimate of drug-likeness (QED) is 0.661. The van der Waals surface area contributed by atoms with Gasteiger partial charge in [0, 0.05) is 13.7 Å². The number of anilines is 1. The summed E-state index contributed by atoms with van der Waals surface area (Å²) < 4.78 is 0. The van der Waals surface area contributed by atoms with Crippen LogP contribution in [0.4, 0.5) is 5.69 Å². The molecular weight excluding hydrogens is 254 g/mol. The third kappa shape index (κ3) is 3.32. The van der Waals surface area contributed by atoms with E-state index in [4.69, 9.17) is 0 Å². The molecule has 0 atom stereocenters. The molecule has 0 aliphatic carbocycles. The largest absolute Gasteiger partial charge is 0.381 e. The molecule has 0 saturated carbocycles. The smallest absolute Gasteiger partial charge is 0.0406 e. The second-order valence-electron chi connectivity index (χ2n) is 5.24. The molecule has 3 aromatic carbocycles. The molecule has 3 aromatic rings. The van der Waals surface area contributed by atoms with Crippen LogP contribution in [-0.4, -0.2) is 0 Å². The zero-order valence-electron chi connectivity index (χ0n) is 12.2. The Morgan fingerprint density at radius 1 is 0.762 bits per heavy atom. The Morgan fingerprint density at radius 3 is 2.19 bits per heavy atom. The molecule has 0 amide bonds. The van der Waals surface area contributed by atoms with Crippen molar-refractivity contribution in [3.8, 4) is 11.1 Å². The number of rotatable bonds is 4. The summed E-state index contributed by atoms with van der Waals surface area (Å²) in [6.07, 6.45) is 0. The Hall–Kier alpha value is -2.54. The molecule has 0 aromatic heterocycles. The van der Waals surface area contributed by atoms with E-state index in [9.17, 15) is 0 Å². The zero-order chi connectivity index (χ0) is 14.5. The first kappa shape index (κ1) is 13.4. The van der Waals surface area contributed by atoms with Crippen LogP contribution in [0.3, 0.4) is 0 Å². The van der Waals surface area contributed by atoms with Crippen LogP contribution in [0.15, 0.2) is 78.9 Å². The highest BCUT2D eigenvalue weighted by atomic mass is 14.9. The molecule has 0 fully saturated rings. The Bertz CT molecular complexity index is 705. The SMILES string of the molecule is Cc1ccc(-c2ccccc2CNc2ccccc2)cc1.[HH]. The first-order chi connectivity index (χ1) is 10.3. The summed E-state index contributed by atoms with van der Waals surface area (Å²) in [7, 11) is 0. The summed E-state index contributed by atoms with van der Waals surface area (Å²) in [5.74, 6) is 0. The van der Waals surface area contributed by atoms with Gasteiger partial charge in [-0.2, -0.15) is 0 Å². The highest BCUT2D eigenvalue weighted by Gasteiger charge is 2.04. The lowest BCUT2D eigenvalue weighted by Crippen LogP contribution is -2.00. The lowest BCUT2D eigenvalue weighted by Gasteiger charge is -2.12. The topological polar surface area (TPSA) is 12.0 Å². The Balaban J connectivity index is 0.00000176. The average Bonchev–Trinajstić information content (AvgIpc) is 2.55. The molecule has 106 valence electrons. The number of benzene rings is 3. The van der Waals surface area contributed by atoms with Crippen molar-refractivity contribution < 1.29 is 1.43 Å². The number of hydrogen-bond acceptors (Lipinski definition) is 1. The van der Waals surface area contributed by atoms with Crippen molar-refractivity contribution in [3.05, 3.63) is 90.0 Å². The lowest BCUT2D eigenvalue weighted by atomic mass is 9.99. The van der Waals surface area contributed by atoms with E-state index in [-0.39, 0.29) is 1.43 Å². The maximum absolute atomic E-state index is 3.48. The van der Waals surface area contributed by atoms with Gasteiger partial charge >= 0.3 is 0 Å². The van der Waals surface area contributed by atoms with E-state index in [2.05, 4.69) is 72.9 Å². The van der Waals surface area contributed by atoms with Crippen molar-refractivity contribution in [1.29, 1.82) is 0 Å². The van der Waals surface area contributed by atoms with Gasteiger partial charge in [0.25, 0.3) is 0 Å². The van der Waals surface area contributed by atoms with Crippen molar-refractivity contribution in [2.24, 2.45) is 0 Å². The third-order valence-electron chi connectivity index (χ3n) is 3.64. The lowest BCUT2D eigenvalue weighted by molar-refractivity contribution is 1.15. The number of para-hydroxylation sites is 1. The fraction of sp³-hybridized carbons (Fsp3) is 0.100. The maximum Gasteiger partial charge on any atom is 0.0406 e. The second kappa shape index (κ2) is 6.27. The van der Waals surface area contributed by atoms with Crippen molar-refractivity contribution in [1.82, 2.24) is 0 Å². The van der Waals surface area contributed by atoms with Crippen LogP contribution in [0.1, 0.15) is 12.6 Å². The number of aryl methyl sites for hydroxylation is 1. The molecule has 0 saturated heterocycles. The van der Waals surface area contributed by atoms with Crippen molar-refractivity contribution in [2.75, 3.05) is 5.32 Å².